The molecule has 2 aliphatic carbocycles. The SMILES string of the molecule is [Se]=C([Se]C1CCCCC1)[Se]C1CCCCC1. The molecule has 0 heterocycles. The second-order valence-electron chi connectivity index (χ2n) is 5.01. The molecule has 0 N–H and O–H groups in total. The van der Waals surface area contributed by atoms with Crippen molar-refractivity contribution in [2.45, 2.75) is 73.8 Å². The monoisotopic (exact) mass is 418 g/mol. The van der Waals surface area contributed by atoms with Crippen molar-refractivity contribution in [1.29, 1.82) is 0 Å². The zero-order valence-electron chi connectivity index (χ0n) is 9.95. The second kappa shape index (κ2) is 7.77. The van der Waals surface area contributed by atoms with E-state index in [1.54, 1.807) is 0 Å². The van der Waals surface area contributed by atoms with E-state index >= 15 is 0 Å². The Morgan fingerprint density at radius 2 is 1.06 bits per heavy atom. The molecule has 92 valence electrons. The summed E-state index contributed by atoms with van der Waals surface area (Å²) in [6, 6.07) is 0. The van der Waals surface area contributed by atoms with Crippen LogP contribution in [-0.4, -0.2) is 47.7 Å². The second-order valence-corrected chi connectivity index (χ2v) is 15.3. The maximum atomic E-state index is 3.44. The van der Waals surface area contributed by atoms with Gasteiger partial charge >= 0.3 is 122 Å². The van der Waals surface area contributed by atoms with Crippen molar-refractivity contribution < 1.29 is 0 Å². The Morgan fingerprint density at radius 3 is 1.44 bits per heavy atom. The van der Waals surface area contributed by atoms with Crippen LogP contribution in [0.2, 0.25) is 9.63 Å². The molecular weight excluding hydrogens is 393 g/mol. The van der Waals surface area contributed by atoms with Gasteiger partial charge in [0, 0.05) is 0 Å². The maximum absolute atomic E-state index is 3.44. The summed E-state index contributed by atoms with van der Waals surface area (Å²) in [7, 11) is 0. The average molecular weight is 415 g/mol. The third-order valence-corrected chi connectivity index (χ3v) is 12.0. The van der Waals surface area contributed by atoms with Crippen LogP contribution in [0.3, 0.4) is 0 Å². The molecule has 0 amide bonds. The first-order chi connectivity index (χ1) is 7.84. The van der Waals surface area contributed by atoms with Crippen LogP contribution < -0.4 is 0 Å². The molecule has 0 aromatic rings. The summed E-state index contributed by atoms with van der Waals surface area (Å²) in [5.74, 6) is 0. The summed E-state index contributed by atoms with van der Waals surface area (Å²) < 4.78 is 1.82. The first-order valence-corrected chi connectivity index (χ1v) is 11.3. The van der Waals surface area contributed by atoms with Crippen molar-refractivity contribution in [3.05, 3.63) is 0 Å². The Bertz CT molecular complexity index is 193. The van der Waals surface area contributed by atoms with E-state index in [0.29, 0.717) is 0 Å². The Labute approximate surface area is 121 Å². The fourth-order valence-electron chi connectivity index (χ4n) is 2.67. The summed E-state index contributed by atoms with van der Waals surface area (Å²) >= 11 is 5.13. The Morgan fingerprint density at radius 1 is 0.688 bits per heavy atom. The zero-order chi connectivity index (χ0) is 11.2. The van der Waals surface area contributed by atoms with Crippen LogP contribution in [0, 0.1) is 0 Å². The van der Waals surface area contributed by atoms with Crippen LogP contribution in [0.1, 0.15) is 64.2 Å². The van der Waals surface area contributed by atoms with E-state index < -0.39 is 0 Å². The van der Waals surface area contributed by atoms with E-state index in [4.69, 9.17) is 0 Å². The topological polar surface area (TPSA) is 0 Å². The van der Waals surface area contributed by atoms with Crippen molar-refractivity contribution in [2.24, 2.45) is 0 Å². The van der Waals surface area contributed by atoms with Gasteiger partial charge in [0.05, 0.1) is 0 Å². The summed E-state index contributed by atoms with van der Waals surface area (Å²) in [4.78, 5) is 2.20. The molecule has 0 saturated heterocycles. The van der Waals surface area contributed by atoms with Gasteiger partial charge in [-0.2, -0.15) is 0 Å². The quantitative estimate of drug-likeness (QED) is 0.620. The number of hydrogen-bond acceptors (Lipinski definition) is 0. The van der Waals surface area contributed by atoms with Crippen LogP contribution >= 0.6 is 0 Å². The van der Waals surface area contributed by atoms with E-state index in [-0.39, 0.29) is 0 Å². The van der Waals surface area contributed by atoms with Crippen LogP contribution in [0.25, 0.3) is 0 Å². The van der Waals surface area contributed by atoms with Crippen molar-refractivity contribution in [3.8, 4) is 0 Å². The van der Waals surface area contributed by atoms with Gasteiger partial charge in [-0.3, -0.25) is 0 Å². The Hall–Kier alpha value is 1.43. The summed E-state index contributed by atoms with van der Waals surface area (Å²) in [5, 5.41) is 0. The van der Waals surface area contributed by atoms with Crippen molar-refractivity contribution in [1.82, 2.24) is 0 Å². The third kappa shape index (κ3) is 4.97. The number of hydrogen-bond donors (Lipinski definition) is 0. The van der Waals surface area contributed by atoms with Crippen molar-refractivity contribution in [3.63, 3.8) is 0 Å². The molecule has 0 radical (unpaired) electrons. The normalized spacial score (nSPS) is 24.5. The van der Waals surface area contributed by atoms with Gasteiger partial charge in [-0.1, -0.05) is 0 Å². The summed E-state index contributed by atoms with van der Waals surface area (Å²) in [6.07, 6.45) is 15.2. The standard InChI is InChI=1S/C13H22Se3/c14-13(15-11-7-3-1-4-8-11)16-12-9-5-2-6-10-12/h11-12H,1-10H2. The zero-order valence-corrected chi connectivity index (χ0v) is 15.1. The van der Waals surface area contributed by atoms with E-state index in [0.717, 1.165) is 39.5 Å². The Kier molecular flexibility index (Phi) is 6.73. The van der Waals surface area contributed by atoms with Gasteiger partial charge in [0.2, 0.25) is 0 Å². The minimum atomic E-state index is 0.845. The van der Waals surface area contributed by atoms with Gasteiger partial charge in [-0.15, -0.1) is 0 Å². The van der Waals surface area contributed by atoms with Crippen LogP contribution in [0.15, 0.2) is 0 Å². The first kappa shape index (κ1) is 13.9. The average Bonchev–Trinajstić information content (AvgIpc) is 2.31. The molecule has 0 spiro atoms. The Balaban J connectivity index is 1.66. The van der Waals surface area contributed by atoms with E-state index in [2.05, 4.69) is 15.6 Å². The molecule has 0 unspecified atom stereocenters. The molecule has 2 fully saturated rings. The van der Waals surface area contributed by atoms with Gasteiger partial charge in [-0.05, 0) is 0 Å². The predicted octanol–water partition coefficient (Wildman–Crippen LogP) is 3.16. The molecule has 0 aromatic heterocycles. The third-order valence-electron chi connectivity index (χ3n) is 3.63. The van der Waals surface area contributed by atoms with Crippen LogP contribution in [0.4, 0.5) is 0 Å². The molecule has 0 atom stereocenters. The molecule has 3 heteroatoms. The van der Waals surface area contributed by atoms with Gasteiger partial charge in [0.15, 0.2) is 0 Å². The predicted molar refractivity (Wildman–Crippen MR) is 75.9 cm³/mol. The molecule has 16 heavy (non-hydrogen) atoms. The van der Waals surface area contributed by atoms with Crippen LogP contribution in [-0.2, 0) is 0 Å². The van der Waals surface area contributed by atoms with Crippen LogP contribution in [0.5, 0.6) is 0 Å². The van der Waals surface area contributed by atoms with Gasteiger partial charge in [0.1, 0.15) is 0 Å². The first-order valence-electron chi connectivity index (χ1n) is 6.72. The van der Waals surface area contributed by atoms with E-state index in [9.17, 15) is 0 Å². The molecular formula is C13H22Se3. The minimum absolute atomic E-state index is 0.845. The van der Waals surface area contributed by atoms with E-state index in [1.807, 2.05) is 2.21 Å². The number of rotatable bonds is 4. The molecule has 0 aromatic carbocycles. The fourth-order valence-corrected chi connectivity index (χ4v) is 12.9. The van der Waals surface area contributed by atoms with Crippen molar-refractivity contribution >= 4 is 47.7 Å². The van der Waals surface area contributed by atoms with Gasteiger partial charge in [0.25, 0.3) is 0 Å². The molecule has 0 nitrogen and oxygen atoms in total. The molecule has 2 saturated carbocycles. The molecule has 2 aliphatic rings. The fraction of sp³-hybridized carbons (Fsp3) is 0.923. The van der Waals surface area contributed by atoms with Crippen molar-refractivity contribution in [2.75, 3.05) is 0 Å². The molecule has 0 aliphatic heterocycles. The molecule has 2 rings (SSSR count). The molecule has 0 bridgehead atoms. The van der Waals surface area contributed by atoms with E-state index in [1.165, 1.54) is 64.2 Å². The summed E-state index contributed by atoms with van der Waals surface area (Å²) in [6.45, 7) is 0. The van der Waals surface area contributed by atoms with Gasteiger partial charge < -0.3 is 0 Å². The summed E-state index contributed by atoms with van der Waals surface area (Å²) in [5.41, 5.74) is 0. The van der Waals surface area contributed by atoms with Gasteiger partial charge in [-0.25, -0.2) is 0 Å².